The molecule has 0 atom stereocenters. The molecule has 4 rings (SSSR count). The van der Waals surface area contributed by atoms with E-state index in [0.717, 1.165) is 10.1 Å². The number of rotatable bonds is 6. The maximum absolute atomic E-state index is 13.4. The Bertz CT molecular complexity index is 1390. The second-order valence-electron chi connectivity index (χ2n) is 6.69. The molecule has 9 heteroatoms. The van der Waals surface area contributed by atoms with Crippen LogP contribution in [0.4, 0.5) is 0 Å². The van der Waals surface area contributed by atoms with Gasteiger partial charge < -0.3 is 9.84 Å². The Kier molecular flexibility index (Phi) is 5.55. The van der Waals surface area contributed by atoms with Gasteiger partial charge in [0.25, 0.3) is 5.56 Å². The molecule has 4 aromatic rings. The van der Waals surface area contributed by atoms with E-state index in [1.54, 1.807) is 54.6 Å². The first-order chi connectivity index (χ1) is 14.9. The first-order valence-corrected chi connectivity index (χ1v) is 9.62. The second-order valence-corrected chi connectivity index (χ2v) is 7.13. The van der Waals surface area contributed by atoms with E-state index in [-0.39, 0.29) is 23.3 Å². The average Bonchev–Trinajstić information content (AvgIpc) is 2.77. The van der Waals surface area contributed by atoms with Gasteiger partial charge in [0.15, 0.2) is 12.3 Å². The molecular formula is C22H16ClN3O5. The maximum Gasteiger partial charge on any atom is 0.341 e. The number of nitrogens with zero attached hydrogens (tertiary/aromatic N) is 3. The number of halogens is 1. The van der Waals surface area contributed by atoms with E-state index in [1.165, 1.54) is 16.8 Å². The van der Waals surface area contributed by atoms with Crippen LogP contribution in [-0.2, 0) is 11.3 Å². The number of hydrogen-bond donors (Lipinski definition) is 1. The minimum absolute atomic E-state index is 0.0505. The van der Waals surface area contributed by atoms with Crippen molar-refractivity contribution in [1.29, 1.82) is 0 Å². The van der Waals surface area contributed by atoms with Crippen molar-refractivity contribution in [3.8, 4) is 11.4 Å². The Hall–Kier alpha value is -3.91. The van der Waals surface area contributed by atoms with Crippen LogP contribution in [0, 0.1) is 0 Å². The number of carbonyl (C=O) groups is 1. The number of carboxylic acids is 1. The average molecular weight is 438 g/mol. The van der Waals surface area contributed by atoms with Crippen molar-refractivity contribution < 1.29 is 14.6 Å². The number of aliphatic carboxylic acids is 1. The van der Waals surface area contributed by atoms with Crippen LogP contribution in [0.15, 0.2) is 76.4 Å². The lowest BCUT2D eigenvalue weighted by atomic mass is 10.2. The molecule has 0 aliphatic heterocycles. The van der Waals surface area contributed by atoms with Crippen molar-refractivity contribution in [1.82, 2.24) is 14.1 Å². The Balaban J connectivity index is 1.90. The van der Waals surface area contributed by atoms with E-state index in [0.29, 0.717) is 10.7 Å². The van der Waals surface area contributed by atoms with Gasteiger partial charge in [-0.3, -0.25) is 9.36 Å². The molecule has 0 bridgehead atoms. The van der Waals surface area contributed by atoms with Crippen LogP contribution >= 0.6 is 11.6 Å². The highest BCUT2D eigenvalue weighted by molar-refractivity contribution is 6.30. The molecule has 8 nitrogen and oxygen atoms in total. The summed E-state index contributed by atoms with van der Waals surface area (Å²) in [5, 5.41) is 9.66. The van der Waals surface area contributed by atoms with E-state index in [2.05, 4.69) is 4.98 Å². The smallest absolute Gasteiger partial charge is 0.341 e. The second kappa shape index (κ2) is 8.45. The number of carboxylic acid groups (broad SMARTS) is 1. The molecule has 2 aromatic heterocycles. The van der Waals surface area contributed by atoms with Crippen LogP contribution in [0.2, 0.25) is 5.02 Å². The van der Waals surface area contributed by atoms with Gasteiger partial charge in [-0.15, -0.1) is 0 Å². The van der Waals surface area contributed by atoms with E-state index in [4.69, 9.17) is 21.4 Å². The van der Waals surface area contributed by atoms with Gasteiger partial charge in [0.05, 0.1) is 17.6 Å². The molecule has 0 saturated heterocycles. The van der Waals surface area contributed by atoms with Gasteiger partial charge in [0, 0.05) is 17.3 Å². The third-order valence-electron chi connectivity index (χ3n) is 4.59. The summed E-state index contributed by atoms with van der Waals surface area (Å²) in [6.45, 7) is -0.470. The minimum Gasteiger partial charge on any atom is -0.482 e. The summed E-state index contributed by atoms with van der Waals surface area (Å²) < 4.78 is 7.65. The van der Waals surface area contributed by atoms with Gasteiger partial charge in [0.2, 0.25) is 0 Å². The Morgan fingerprint density at radius 3 is 2.58 bits per heavy atom. The van der Waals surface area contributed by atoms with Crippen molar-refractivity contribution in [3.63, 3.8) is 0 Å². The van der Waals surface area contributed by atoms with Crippen molar-refractivity contribution in [3.05, 3.63) is 98.3 Å². The molecule has 31 heavy (non-hydrogen) atoms. The number of pyridine rings is 1. The van der Waals surface area contributed by atoms with Crippen LogP contribution in [-0.4, -0.2) is 31.8 Å². The molecule has 0 unspecified atom stereocenters. The van der Waals surface area contributed by atoms with Crippen LogP contribution in [0.1, 0.15) is 5.56 Å². The fourth-order valence-electron chi connectivity index (χ4n) is 3.19. The van der Waals surface area contributed by atoms with Crippen LogP contribution in [0.25, 0.3) is 16.7 Å². The molecule has 0 spiro atoms. The Morgan fingerprint density at radius 1 is 1.06 bits per heavy atom. The summed E-state index contributed by atoms with van der Waals surface area (Å²) in [5.41, 5.74) is 0.276. The summed E-state index contributed by atoms with van der Waals surface area (Å²) in [5.74, 6) is -0.850. The lowest BCUT2D eigenvalue weighted by Gasteiger charge is -2.14. The Morgan fingerprint density at radius 2 is 1.84 bits per heavy atom. The standard InChI is InChI=1S/C22H16ClN3O5/c23-15-8-6-14(7-9-15)12-25-21(29)18-5-2-10-24-20(18)26(22(25)30)16-3-1-4-17(11-16)31-13-19(27)28/h1-11H,12-13H2,(H,27,28). The molecule has 0 fully saturated rings. The van der Waals surface area contributed by atoms with E-state index >= 15 is 0 Å². The highest BCUT2D eigenvalue weighted by Crippen LogP contribution is 2.18. The van der Waals surface area contributed by atoms with Crippen LogP contribution in [0.3, 0.4) is 0 Å². The molecule has 0 aliphatic carbocycles. The zero-order chi connectivity index (χ0) is 22.0. The van der Waals surface area contributed by atoms with E-state index in [1.807, 2.05) is 0 Å². The largest absolute Gasteiger partial charge is 0.482 e. The summed E-state index contributed by atoms with van der Waals surface area (Å²) in [6, 6.07) is 16.5. The molecule has 0 radical (unpaired) electrons. The third-order valence-corrected chi connectivity index (χ3v) is 4.84. The zero-order valence-electron chi connectivity index (χ0n) is 16.1. The van der Waals surface area contributed by atoms with Crippen LogP contribution < -0.4 is 16.0 Å². The first-order valence-electron chi connectivity index (χ1n) is 9.24. The number of ether oxygens (including phenoxy) is 1. The molecule has 1 N–H and O–H groups in total. The molecule has 0 amide bonds. The number of benzene rings is 2. The monoisotopic (exact) mass is 437 g/mol. The predicted octanol–water partition coefficient (Wildman–Crippen LogP) is 2.71. The number of aromatic nitrogens is 3. The van der Waals surface area contributed by atoms with E-state index in [9.17, 15) is 14.4 Å². The molecule has 156 valence electrons. The molecular weight excluding hydrogens is 422 g/mol. The summed E-state index contributed by atoms with van der Waals surface area (Å²) in [7, 11) is 0. The SMILES string of the molecule is O=C(O)COc1cccc(-n2c(=O)n(Cc3ccc(Cl)cc3)c(=O)c3cccnc32)c1. The summed E-state index contributed by atoms with van der Waals surface area (Å²) in [6.07, 6.45) is 1.49. The van der Waals surface area contributed by atoms with Gasteiger partial charge in [0.1, 0.15) is 5.75 Å². The van der Waals surface area contributed by atoms with Crippen molar-refractivity contribution in [2.75, 3.05) is 6.61 Å². The quantitative estimate of drug-likeness (QED) is 0.497. The van der Waals surface area contributed by atoms with Crippen molar-refractivity contribution >= 4 is 28.6 Å². The molecule has 2 aromatic carbocycles. The van der Waals surface area contributed by atoms with Crippen molar-refractivity contribution in [2.45, 2.75) is 6.54 Å². The topological polar surface area (TPSA) is 103 Å². The Labute approximate surface area is 180 Å². The van der Waals surface area contributed by atoms with E-state index < -0.39 is 23.8 Å². The summed E-state index contributed by atoms with van der Waals surface area (Å²) >= 11 is 5.93. The van der Waals surface area contributed by atoms with Crippen LogP contribution in [0.5, 0.6) is 5.75 Å². The molecule has 0 aliphatic rings. The van der Waals surface area contributed by atoms with Gasteiger partial charge in [-0.1, -0.05) is 29.8 Å². The first kappa shape index (κ1) is 20.4. The van der Waals surface area contributed by atoms with Gasteiger partial charge >= 0.3 is 11.7 Å². The van der Waals surface area contributed by atoms with Crippen molar-refractivity contribution in [2.24, 2.45) is 0 Å². The number of fused-ring (bicyclic) bond motifs is 1. The van der Waals surface area contributed by atoms with Gasteiger partial charge in [-0.25, -0.2) is 19.1 Å². The lowest BCUT2D eigenvalue weighted by Crippen LogP contribution is -2.40. The highest BCUT2D eigenvalue weighted by Gasteiger charge is 2.16. The fourth-order valence-corrected chi connectivity index (χ4v) is 3.31. The molecule has 0 saturated carbocycles. The lowest BCUT2D eigenvalue weighted by molar-refractivity contribution is -0.139. The normalized spacial score (nSPS) is 10.9. The highest BCUT2D eigenvalue weighted by atomic mass is 35.5. The summed E-state index contributed by atoms with van der Waals surface area (Å²) in [4.78, 5) is 41.5. The van der Waals surface area contributed by atoms with Gasteiger partial charge in [-0.05, 0) is 42.0 Å². The zero-order valence-corrected chi connectivity index (χ0v) is 16.8. The number of hydrogen-bond acceptors (Lipinski definition) is 5. The third kappa shape index (κ3) is 4.19. The molecule has 2 heterocycles. The fraction of sp³-hybridized carbons (Fsp3) is 0.0909. The minimum atomic E-state index is -1.12. The predicted molar refractivity (Wildman–Crippen MR) is 115 cm³/mol. The van der Waals surface area contributed by atoms with Gasteiger partial charge in [-0.2, -0.15) is 0 Å². The maximum atomic E-state index is 13.4.